The van der Waals surface area contributed by atoms with Crippen molar-refractivity contribution in [3.8, 4) is 39.1 Å². The van der Waals surface area contributed by atoms with Crippen LogP contribution in [0.25, 0.3) is 71.6 Å². The maximum Gasteiger partial charge on any atom is 0.174 e. The number of nitrogens with zero attached hydrogens (tertiary/aromatic N) is 1. The number of fused-ring (bicyclic) bond motifs is 8. The van der Waals surface area contributed by atoms with Gasteiger partial charge < -0.3 is 9.13 Å². The molecule has 230 valence electrons. The quantitative estimate of drug-likeness (QED) is 0.175. The lowest BCUT2D eigenvalue weighted by Crippen LogP contribution is -2.22. The summed E-state index contributed by atoms with van der Waals surface area (Å²) in [6, 6.07) is 64.0. The molecular formula is C46H30NOP. The van der Waals surface area contributed by atoms with Crippen molar-refractivity contribution < 1.29 is 4.57 Å². The second kappa shape index (κ2) is 10.8. The molecule has 8 aromatic carbocycles. The summed E-state index contributed by atoms with van der Waals surface area (Å²) in [6.07, 6.45) is 0. The van der Waals surface area contributed by atoms with E-state index in [9.17, 15) is 0 Å². The Morgan fingerprint density at radius 3 is 1.84 bits per heavy atom. The molecule has 49 heavy (non-hydrogen) atoms. The smallest absolute Gasteiger partial charge is 0.174 e. The minimum absolute atomic E-state index is 0.868. The van der Waals surface area contributed by atoms with Crippen LogP contribution in [-0.4, -0.2) is 4.57 Å². The highest BCUT2D eigenvalue weighted by atomic mass is 31.2. The summed E-state index contributed by atoms with van der Waals surface area (Å²) in [7, 11) is -3.17. The van der Waals surface area contributed by atoms with Crippen molar-refractivity contribution in [2.45, 2.75) is 0 Å². The van der Waals surface area contributed by atoms with Crippen LogP contribution in [-0.2, 0) is 4.57 Å². The van der Waals surface area contributed by atoms with Crippen LogP contribution < -0.4 is 15.9 Å². The number of aromatic nitrogens is 1. The molecule has 0 bridgehead atoms. The maximum absolute atomic E-state index is 15.8. The van der Waals surface area contributed by atoms with E-state index < -0.39 is 7.14 Å². The molecule has 0 radical (unpaired) electrons. The topological polar surface area (TPSA) is 22.0 Å². The van der Waals surface area contributed by atoms with Crippen LogP contribution in [0, 0.1) is 0 Å². The van der Waals surface area contributed by atoms with E-state index in [0.717, 1.165) is 60.1 Å². The van der Waals surface area contributed by atoms with Crippen LogP contribution >= 0.6 is 7.14 Å². The van der Waals surface area contributed by atoms with E-state index >= 15 is 4.57 Å². The third-order valence-electron chi connectivity index (χ3n) is 10.2. The summed E-state index contributed by atoms with van der Waals surface area (Å²) >= 11 is 0. The maximum atomic E-state index is 15.8. The molecule has 0 saturated carbocycles. The zero-order valence-electron chi connectivity index (χ0n) is 26.6. The van der Waals surface area contributed by atoms with Crippen molar-refractivity contribution in [2.75, 3.05) is 0 Å². The van der Waals surface area contributed by atoms with E-state index in [1.807, 2.05) is 36.4 Å². The van der Waals surface area contributed by atoms with Gasteiger partial charge in [0.1, 0.15) is 0 Å². The summed E-state index contributed by atoms with van der Waals surface area (Å²) < 4.78 is 18.1. The molecule has 1 aliphatic heterocycles. The molecule has 0 saturated heterocycles. The van der Waals surface area contributed by atoms with Gasteiger partial charge in [-0.25, -0.2) is 0 Å². The Morgan fingerprint density at radius 1 is 0.408 bits per heavy atom. The second-order valence-electron chi connectivity index (χ2n) is 12.8. The van der Waals surface area contributed by atoms with E-state index in [1.54, 1.807) is 0 Å². The third kappa shape index (κ3) is 4.11. The number of para-hydroxylation sites is 1. The van der Waals surface area contributed by atoms with Crippen molar-refractivity contribution in [2.24, 2.45) is 0 Å². The summed E-state index contributed by atoms with van der Waals surface area (Å²) in [5, 5.41) is 7.51. The van der Waals surface area contributed by atoms with Gasteiger partial charge in [-0.15, -0.1) is 0 Å². The molecule has 10 rings (SSSR count). The Balaban J connectivity index is 1.14. The van der Waals surface area contributed by atoms with Crippen molar-refractivity contribution in [1.82, 2.24) is 4.57 Å². The van der Waals surface area contributed by atoms with Crippen LogP contribution in [0.3, 0.4) is 0 Å². The minimum Gasteiger partial charge on any atom is -0.309 e. The molecule has 1 aliphatic rings. The van der Waals surface area contributed by atoms with Crippen LogP contribution in [0.5, 0.6) is 0 Å². The number of rotatable bonds is 4. The molecular weight excluding hydrogens is 613 g/mol. The lowest BCUT2D eigenvalue weighted by atomic mass is 9.96. The van der Waals surface area contributed by atoms with Crippen molar-refractivity contribution >= 4 is 55.6 Å². The Hall–Kier alpha value is -5.95. The van der Waals surface area contributed by atoms with Gasteiger partial charge in [-0.2, -0.15) is 0 Å². The molecule has 1 unspecified atom stereocenters. The molecule has 0 fully saturated rings. The van der Waals surface area contributed by atoms with Gasteiger partial charge in [0.25, 0.3) is 0 Å². The molecule has 2 heterocycles. The number of hydrogen-bond acceptors (Lipinski definition) is 1. The molecule has 1 atom stereocenters. The fourth-order valence-corrected chi connectivity index (χ4v) is 11.2. The summed E-state index contributed by atoms with van der Waals surface area (Å²) in [4.78, 5) is 0. The number of hydrogen-bond donors (Lipinski definition) is 0. The Labute approximate surface area is 284 Å². The normalized spacial score (nSPS) is 15.1. The first kappa shape index (κ1) is 28.1. The van der Waals surface area contributed by atoms with Gasteiger partial charge in [0.2, 0.25) is 0 Å². The van der Waals surface area contributed by atoms with Crippen molar-refractivity contribution in [3.05, 3.63) is 182 Å². The van der Waals surface area contributed by atoms with E-state index in [-0.39, 0.29) is 0 Å². The van der Waals surface area contributed by atoms with Gasteiger partial charge in [0.15, 0.2) is 7.14 Å². The Bertz CT molecular complexity index is 2770. The van der Waals surface area contributed by atoms with E-state index in [4.69, 9.17) is 0 Å². The first-order chi connectivity index (χ1) is 24.2. The molecule has 0 spiro atoms. The first-order valence-electron chi connectivity index (χ1n) is 16.7. The fourth-order valence-electron chi connectivity index (χ4n) is 7.97. The molecule has 0 N–H and O–H groups in total. The lowest BCUT2D eigenvalue weighted by molar-refractivity contribution is 0.593. The van der Waals surface area contributed by atoms with Gasteiger partial charge in [-0.05, 0) is 62.4 Å². The molecule has 2 nitrogen and oxygen atoms in total. The van der Waals surface area contributed by atoms with Gasteiger partial charge in [-0.3, -0.25) is 0 Å². The van der Waals surface area contributed by atoms with Gasteiger partial charge in [-0.1, -0.05) is 164 Å². The largest absolute Gasteiger partial charge is 0.309 e. The van der Waals surface area contributed by atoms with E-state index in [1.165, 1.54) is 27.5 Å². The van der Waals surface area contributed by atoms with Gasteiger partial charge >= 0.3 is 0 Å². The van der Waals surface area contributed by atoms with E-state index in [2.05, 4.69) is 150 Å². The molecule has 1 aromatic heterocycles. The molecule has 0 amide bonds. The molecule has 3 heteroatoms. The highest BCUT2D eigenvalue weighted by molar-refractivity contribution is 7.86. The summed E-state index contributed by atoms with van der Waals surface area (Å²) in [5.74, 6) is 0. The van der Waals surface area contributed by atoms with Gasteiger partial charge in [0, 0.05) is 27.1 Å². The third-order valence-corrected chi connectivity index (χ3v) is 13.4. The average Bonchev–Trinajstić information content (AvgIpc) is 3.65. The Kier molecular flexibility index (Phi) is 6.19. The zero-order valence-corrected chi connectivity index (χ0v) is 27.5. The van der Waals surface area contributed by atoms with Crippen LogP contribution in [0.4, 0.5) is 0 Å². The highest BCUT2D eigenvalue weighted by Gasteiger charge is 2.42. The van der Waals surface area contributed by atoms with Gasteiger partial charge in [0.05, 0.1) is 16.3 Å². The summed E-state index contributed by atoms with van der Waals surface area (Å²) in [5.41, 5.74) is 10.1. The summed E-state index contributed by atoms with van der Waals surface area (Å²) in [6.45, 7) is 0. The monoisotopic (exact) mass is 643 g/mol. The van der Waals surface area contributed by atoms with Crippen LogP contribution in [0.2, 0.25) is 0 Å². The van der Waals surface area contributed by atoms with Crippen LogP contribution in [0.15, 0.2) is 182 Å². The SMILES string of the molecule is O=P1(c2ccccc2)c2ccccc2-c2ccc3c4ccccc4n(-c4ccc(-c5ccc(-c6cccc7ccccc67)cc5)cc4)c3c21. The lowest BCUT2D eigenvalue weighted by Gasteiger charge is -2.18. The standard InChI is InChI=1S/C46H30NOP/c48-49(36-13-2-1-3-14-36)44-20-9-7-17-40(44)42-30-29-41-39-16-6-8-19-43(39)47(45(41)46(42)49)35-27-25-32(26-28-35)31-21-23-34(24-22-31)38-18-10-12-33-11-4-5-15-37(33)38/h1-30H. The van der Waals surface area contributed by atoms with Crippen molar-refractivity contribution in [1.29, 1.82) is 0 Å². The highest BCUT2D eigenvalue weighted by Crippen LogP contribution is 2.54. The zero-order chi connectivity index (χ0) is 32.5. The Morgan fingerprint density at radius 2 is 1.02 bits per heavy atom. The molecule has 0 aliphatic carbocycles. The van der Waals surface area contributed by atoms with Crippen molar-refractivity contribution in [3.63, 3.8) is 0 Å². The van der Waals surface area contributed by atoms with E-state index in [0.29, 0.717) is 0 Å². The van der Waals surface area contributed by atoms with Crippen LogP contribution in [0.1, 0.15) is 0 Å². The minimum atomic E-state index is -3.17. The molecule has 9 aromatic rings. The predicted molar refractivity (Wildman–Crippen MR) is 208 cm³/mol. The average molecular weight is 644 g/mol. The number of benzene rings is 8. The first-order valence-corrected chi connectivity index (χ1v) is 18.4. The second-order valence-corrected chi connectivity index (χ2v) is 15.5. The predicted octanol–water partition coefficient (Wildman–Crippen LogP) is 10.9. The fraction of sp³-hybridized carbons (Fsp3) is 0.